The van der Waals surface area contributed by atoms with E-state index in [1.165, 1.54) is 16.7 Å². The minimum atomic E-state index is -0.228. The molecule has 2 aliphatic heterocycles. The Morgan fingerprint density at radius 2 is 2.00 bits per heavy atom. The molecule has 4 rings (SSSR count). The topological polar surface area (TPSA) is 82.9 Å². The Labute approximate surface area is 195 Å². The number of hydrogen-bond acceptors (Lipinski definition) is 7. The Bertz CT molecular complexity index is 1130. The van der Waals surface area contributed by atoms with Gasteiger partial charge < -0.3 is 14.4 Å². The first-order valence-corrected chi connectivity index (χ1v) is 11.2. The van der Waals surface area contributed by atoms with Gasteiger partial charge in [0.1, 0.15) is 4.32 Å². The molecule has 7 nitrogen and oxygen atoms in total. The van der Waals surface area contributed by atoms with E-state index in [1.807, 2.05) is 42.5 Å². The summed E-state index contributed by atoms with van der Waals surface area (Å²) in [5.41, 5.74) is 1.53. The molecule has 1 saturated heterocycles. The van der Waals surface area contributed by atoms with Crippen LogP contribution in [0.4, 0.5) is 5.69 Å². The number of anilines is 1. The molecular formula is C23H19N3O4S2. The lowest BCUT2D eigenvalue weighted by atomic mass is 10.2. The summed E-state index contributed by atoms with van der Waals surface area (Å²) >= 11 is 6.60. The first-order chi connectivity index (χ1) is 15.6. The van der Waals surface area contributed by atoms with Crippen molar-refractivity contribution in [2.24, 2.45) is 0 Å². The predicted octanol–water partition coefficient (Wildman–Crippen LogP) is 3.95. The molecule has 0 saturated carbocycles. The normalized spacial score (nSPS) is 15.8. The molecule has 0 spiro atoms. The quantitative estimate of drug-likeness (QED) is 0.452. The molecule has 162 valence electrons. The molecule has 0 bridgehead atoms. The minimum absolute atomic E-state index is 0.101. The summed E-state index contributed by atoms with van der Waals surface area (Å²) < 4.78 is 11.1. The van der Waals surface area contributed by atoms with Gasteiger partial charge in [-0.15, -0.1) is 0 Å². The van der Waals surface area contributed by atoms with E-state index in [-0.39, 0.29) is 38.0 Å². The molecule has 2 aliphatic rings. The van der Waals surface area contributed by atoms with Crippen LogP contribution < -0.4 is 14.4 Å². The summed E-state index contributed by atoms with van der Waals surface area (Å²) in [5.74, 6) is 0.916. The van der Waals surface area contributed by atoms with Gasteiger partial charge in [-0.3, -0.25) is 14.5 Å². The van der Waals surface area contributed by atoms with Gasteiger partial charge in [-0.1, -0.05) is 48.2 Å². The van der Waals surface area contributed by atoms with Crippen LogP contribution in [0.5, 0.6) is 11.5 Å². The highest BCUT2D eigenvalue weighted by molar-refractivity contribution is 8.26. The summed E-state index contributed by atoms with van der Waals surface area (Å²) in [6.45, 7) is 0.656. The molecule has 2 amide bonds. The van der Waals surface area contributed by atoms with Crippen LogP contribution in [0.1, 0.15) is 18.4 Å². The monoisotopic (exact) mass is 465 g/mol. The maximum Gasteiger partial charge on any atom is 0.266 e. The number of fused-ring (bicyclic) bond motifs is 1. The number of thioether (sulfide) groups is 1. The van der Waals surface area contributed by atoms with Crippen molar-refractivity contribution < 1.29 is 19.1 Å². The van der Waals surface area contributed by atoms with Crippen LogP contribution in [0, 0.1) is 11.3 Å². The van der Waals surface area contributed by atoms with Crippen molar-refractivity contribution in [2.75, 3.05) is 24.8 Å². The number of carbonyl (C=O) groups excluding carboxylic acids is 2. The van der Waals surface area contributed by atoms with Crippen LogP contribution in [0.2, 0.25) is 0 Å². The minimum Gasteiger partial charge on any atom is -0.454 e. The first kappa shape index (κ1) is 21.9. The second-order valence-corrected chi connectivity index (χ2v) is 8.66. The molecule has 0 aromatic heterocycles. The maximum atomic E-state index is 12.9. The van der Waals surface area contributed by atoms with Gasteiger partial charge in [0.15, 0.2) is 11.5 Å². The average molecular weight is 466 g/mol. The molecule has 2 aromatic rings. The number of carbonyl (C=O) groups is 2. The zero-order valence-electron chi connectivity index (χ0n) is 17.0. The lowest BCUT2D eigenvalue weighted by Crippen LogP contribution is -2.36. The Balaban J connectivity index is 1.43. The van der Waals surface area contributed by atoms with Gasteiger partial charge in [0.25, 0.3) is 5.91 Å². The van der Waals surface area contributed by atoms with Crippen LogP contribution in [0.15, 0.2) is 53.4 Å². The van der Waals surface area contributed by atoms with Crippen molar-refractivity contribution in [3.05, 3.63) is 59.0 Å². The SMILES string of the molecule is N#CCCN(C(=O)CCN1C(=O)/C(=C/c2ccc3c(c2)OCO3)SC1=S)c1ccccc1. The Hall–Kier alpha value is -3.35. The summed E-state index contributed by atoms with van der Waals surface area (Å²) in [6.07, 6.45) is 2.08. The van der Waals surface area contributed by atoms with Crippen molar-refractivity contribution in [3.8, 4) is 17.6 Å². The fraction of sp³-hybridized carbons (Fsp3) is 0.217. The second kappa shape index (κ2) is 9.85. The Morgan fingerprint density at radius 1 is 1.22 bits per heavy atom. The summed E-state index contributed by atoms with van der Waals surface area (Å²) in [6, 6.07) is 16.7. The molecule has 0 unspecified atom stereocenters. The molecule has 0 radical (unpaired) electrons. The van der Waals surface area contributed by atoms with E-state index >= 15 is 0 Å². The van der Waals surface area contributed by atoms with E-state index in [2.05, 4.69) is 6.07 Å². The molecular weight excluding hydrogens is 446 g/mol. The van der Waals surface area contributed by atoms with E-state index in [9.17, 15) is 9.59 Å². The number of benzene rings is 2. The highest BCUT2D eigenvalue weighted by Crippen LogP contribution is 2.36. The van der Waals surface area contributed by atoms with E-state index in [0.717, 1.165) is 11.3 Å². The van der Waals surface area contributed by atoms with Crippen molar-refractivity contribution in [1.82, 2.24) is 4.90 Å². The number of ether oxygens (including phenoxy) is 2. The van der Waals surface area contributed by atoms with Gasteiger partial charge in [-0.25, -0.2) is 0 Å². The largest absolute Gasteiger partial charge is 0.454 e. The predicted molar refractivity (Wildman–Crippen MR) is 126 cm³/mol. The maximum absolute atomic E-state index is 12.9. The molecule has 1 fully saturated rings. The number of thiocarbonyl (C=S) groups is 1. The van der Waals surface area contributed by atoms with Crippen molar-refractivity contribution in [3.63, 3.8) is 0 Å². The fourth-order valence-corrected chi connectivity index (χ4v) is 4.67. The zero-order valence-corrected chi connectivity index (χ0v) is 18.7. The molecule has 0 atom stereocenters. The van der Waals surface area contributed by atoms with Gasteiger partial charge in [-0.05, 0) is 35.9 Å². The average Bonchev–Trinajstić information content (AvgIpc) is 3.37. The standard InChI is InChI=1S/C23H19N3O4S2/c24-10-4-11-25(17-5-2-1-3-6-17)21(27)9-12-26-22(28)20(32-23(26)31)14-16-7-8-18-19(13-16)30-15-29-18/h1-3,5-8,13-14H,4,9,11-12,15H2/b20-14-. The van der Waals surface area contributed by atoms with Crippen LogP contribution in [-0.2, 0) is 9.59 Å². The molecule has 9 heteroatoms. The van der Waals surface area contributed by atoms with Gasteiger partial charge in [-0.2, -0.15) is 5.26 Å². The third kappa shape index (κ3) is 4.77. The van der Waals surface area contributed by atoms with Crippen LogP contribution in [0.25, 0.3) is 6.08 Å². The van der Waals surface area contributed by atoms with Crippen molar-refractivity contribution in [1.29, 1.82) is 5.26 Å². The third-order valence-corrected chi connectivity index (χ3v) is 6.31. The number of para-hydroxylation sites is 1. The van der Waals surface area contributed by atoms with Crippen molar-refractivity contribution >= 4 is 51.9 Å². The summed E-state index contributed by atoms with van der Waals surface area (Å²) in [4.78, 5) is 29.3. The Morgan fingerprint density at radius 3 is 2.78 bits per heavy atom. The number of amides is 2. The number of nitrogens with zero attached hydrogens (tertiary/aromatic N) is 3. The molecule has 2 aromatic carbocycles. The lowest BCUT2D eigenvalue weighted by Gasteiger charge is -2.23. The van der Waals surface area contributed by atoms with Gasteiger partial charge >= 0.3 is 0 Å². The van der Waals surface area contributed by atoms with Crippen LogP contribution >= 0.6 is 24.0 Å². The third-order valence-electron chi connectivity index (χ3n) is 4.93. The molecule has 0 N–H and O–H groups in total. The first-order valence-electron chi connectivity index (χ1n) is 9.94. The fourth-order valence-electron chi connectivity index (χ4n) is 3.36. The molecule has 32 heavy (non-hydrogen) atoms. The lowest BCUT2D eigenvalue weighted by molar-refractivity contribution is -0.123. The summed E-state index contributed by atoms with van der Waals surface area (Å²) in [5, 5.41) is 8.94. The highest BCUT2D eigenvalue weighted by atomic mass is 32.2. The van der Waals surface area contributed by atoms with Gasteiger partial charge in [0, 0.05) is 25.2 Å². The summed E-state index contributed by atoms with van der Waals surface area (Å²) in [7, 11) is 0. The Kier molecular flexibility index (Phi) is 6.73. The number of hydrogen-bond donors (Lipinski definition) is 0. The van der Waals surface area contributed by atoms with Crippen LogP contribution in [0.3, 0.4) is 0 Å². The highest BCUT2D eigenvalue weighted by Gasteiger charge is 2.32. The van der Waals surface area contributed by atoms with Gasteiger partial charge in [0.05, 0.1) is 17.4 Å². The number of nitriles is 1. The second-order valence-electron chi connectivity index (χ2n) is 6.99. The molecule has 2 heterocycles. The molecule has 0 aliphatic carbocycles. The van der Waals surface area contributed by atoms with Crippen molar-refractivity contribution in [2.45, 2.75) is 12.8 Å². The van der Waals surface area contributed by atoms with E-state index in [4.69, 9.17) is 27.0 Å². The number of rotatable bonds is 7. The van der Waals surface area contributed by atoms with E-state index < -0.39 is 0 Å². The van der Waals surface area contributed by atoms with Crippen LogP contribution in [-0.4, -0.2) is 40.9 Å². The van der Waals surface area contributed by atoms with E-state index in [1.54, 1.807) is 17.0 Å². The smallest absolute Gasteiger partial charge is 0.266 e. The van der Waals surface area contributed by atoms with Gasteiger partial charge in [0.2, 0.25) is 12.7 Å². The zero-order chi connectivity index (χ0) is 22.5. The van der Waals surface area contributed by atoms with E-state index in [0.29, 0.717) is 27.3 Å².